The predicted molar refractivity (Wildman–Crippen MR) is 85.0 cm³/mol. The first kappa shape index (κ1) is 17.3. The maximum Gasteiger partial charge on any atom is 0.324 e. The number of nitrogens with zero attached hydrogens (tertiary/aromatic N) is 1. The highest BCUT2D eigenvalue weighted by Gasteiger charge is 2.21. The predicted octanol–water partition coefficient (Wildman–Crippen LogP) is 2.06. The van der Waals surface area contributed by atoms with Gasteiger partial charge in [-0.15, -0.1) is 0 Å². The Morgan fingerprint density at radius 1 is 1.38 bits per heavy atom. The van der Waals surface area contributed by atoms with Crippen LogP contribution in [0.15, 0.2) is 24.3 Å². The van der Waals surface area contributed by atoms with Crippen LogP contribution in [0.4, 0.5) is 5.69 Å². The van der Waals surface area contributed by atoms with E-state index in [-0.39, 0.29) is 12.0 Å². The van der Waals surface area contributed by atoms with Crippen LogP contribution in [0.3, 0.4) is 0 Å². The van der Waals surface area contributed by atoms with E-state index >= 15 is 0 Å². The highest BCUT2D eigenvalue weighted by molar-refractivity contribution is 5.76. The molecule has 1 aromatic carbocycles. The number of hydrogen-bond acceptors (Lipinski definition) is 5. The standard InChI is InChI=1S/C16H26N2O3/c1-5-10-17-15(16(19)21-6-2)12-18(3)13-8-7-9-14(11-13)20-4/h7-9,11,15,17H,5-6,10,12H2,1-4H3. The van der Waals surface area contributed by atoms with Crippen LogP contribution >= 0.6 is 0 Å². The Kier molecular flexibility index (Phi) is 7.61. The van der Waals surface area contributed by atoms with Crippen LogP contribution < -0.4 is 15.0 Å². The van der Waals surface area contributed by atoms with Crippen LogP contribution in [0.2, 0.25) is 0 Å². The Labute approximate surface area is 127 Å². The highest BCUT2D eigenvalue weighted by Crippen LogP contribution is 2.20. The van der Waals surface area contributed by atoms with E-state index < -0.39 is 0 Å². The van der Waals surface area contributed by atoms with Crippen molar-refractivity contribution in [2.24, 2.45) is 0 Å². The van der Waals surface area contributed by atoms with E-state index in [1.165, 1.54) is 0 Å². The summed E-state index contributed by atoms with van der Waals surface area (Å²) >= 11 is 0. The third-order valence-corrected chi connectivity index (χ3v) is 3.16. The molecule has 0 spiro atoms. The van der Waals surface area contributed by atoms with E-state index in [4.69, 9.17) is 9.47 Å². The number of ether oxygens (including phenoxy) is 2. The molecule has 0 aromatic heterocycles. The lowest BCUT2D eigenvalue weighted by Crippen LogP contribution is -2.46. The molecule has 1 atom stereocenters. The van der Waals surface area contributed by atoms with E-state index in [0.29, 0.717) is 13.2 Å². The normalized spacial score (nSPS) is 11.8. The highest BCUT2D eigenvalue weighted by atomic mass is 16.5. The van der Waals surface area contributed by atoms with E-state index in [1.807, 2.05) is 43.1 Å². The molecule has 1 N–H and O–H groups in total. The molecule has 0 saturated carbocycles. The van der Waals surface area contributed by atoms with Gasteiger partial charge >= 0.3 is 5.97 Å². The molecule has 5 nitrogen and oxygen atoms in total. The molecule has 0 heterocycles. The van der Waals surface area contributed by atoms with Crippen molar-refractivity contribution in [1.82, 2.24) is 5.32 Å². The van der Waals surface area contributed by atoms with Crippen molar-refractivity contribution in [2.75, 3.05) is 38.8 Å². The summed E-state index contributed by atoms with van der Waals surface area (Å²) < 4.78 is 10.4. The molecule has 0 radical (unpaired) electrons. The first-order valence-corrected chi connectivity index (χ1v) is 7.37. The minimum atomic E-state index is -0.332. The maximum atomic E-state index is 12.0. The molecule has 0 aliphatic carbocycles. The first-order valence-electron chi connectivity index (χ1n) is 7.37. The monoisotopic (exact) mass is 294 g/mol. The second-order valence-electron chi connectivity index (χ2n) is 4.84. The molecule has 0 aliphatic heterocycles. The van der Waals surface area contributed by atoms with Gasteiger partial charge in [-0.25, -0.2) is 0 Å². The summed E-state index contributed by atoms with van der Waals surface area (Å²) in [5.74, 6) is 0.592. The number of methoxy groups -OCH3 is 1. The summed E-state index contributed by atoms with van der Waals surface area (Å²) in [7, 11) is 3.60. The minimum Gasteiger partial charge on any atom is -0.497 e. The van der Waals surface area contributed by atoms with E-state index in [2.05, 4.69) is 12.2 Å². The number of anilines is 1. The Morgan fingerprint density at radius 3 is 2.76 bits per heavy atom. The zero-order valence-electron chi connectivity index (χ0n) is 13.4. The topological polar surface area (TPSA) is 50.8 Å². The number of rotatable bonds is 9. The van der Waals surface area contributed by atoms with Crippen LogP contribution in [-0.2, 0) is 9.53 Å². The number of hydrogen-bond donors (Lipinski definition) is 1. The Balaban J connectivity index is 2.73. The zero-order chi connectivity index (χ0) is 15.7. The van der Waals surface area contributed by atoms with E-state index in [0.717, 1.165) is 24.4 Å². The van der Waals surface area contributed by atoms with Crippen molar-refractivity contribution in [3.05, 3.63) is 24.3 Å². The van der Waals surface area contributed by atoms with Crippen molar-refractivity contribution in [3.63, 3.8) is 0 Å². The van der Waals surface area contributed by atoms with E-state index in [1.54, 1.807) is 7.11 Å². The quantitative estimate of drug-likeness (QED) is 0.707. The lowest BCUT2D eigenvalue weighted by molar-refractivity contribution is -0.145. The summed E-state index contributed by atoms with van der Waals surface area (Å²) in [6.45, 7) is 5.62. The molecule has 0 saturated heterocycles. The molecule has 0 bridgehead atoms. The van der Waals surface area contributed by atoms with Crippen molar-refractivity contribution >= 4 is 11.7 Å². The summed E-state index contributed by atoms with van der Waals surface area (Å²) in [5.41, 5.74) is 1.00. The lowest BCUT2D eigenvalue weighted by atomic mass is 10.2. The fourth-order valence-corrected chi connectivity index (χ4v) is 2.01. The summed E-state index contributed by atoms with van der Waals surface area (Å²) in [6.07, 6.45) is 0.971. The molecule has 118 valence electrons. The number of nitrogens with one attached hydrogen (secondary N) is 1. The van der Waals surface area contributed by atoms with Gasteiger partial charge in [-0.1, -0.05) is 13.0 Å². The van der Waals surface area contributed by atoms with Crippen molar-refractivity contribution in [2.45, 2.75) is 26.3 Å². The third kappa shape index (κ3) is 5.63. The van der Waals surface area contributed by atoms with Gasteiger partial charge in [0.05, 0.1) is 13.7 Å². The Hall–Kier alpha value is -1.75. The van der Waals surface area contributed by atoms with Crippen LogP contribution in [0, 0.1) is 0 Å². The van der Waals surface area contributed by atoms with Crippen LogP contribution in [0.1, 0.15) is 20.3 Å². The van der Waals surface area contributed by atoms with Gasteiger partial charge in [-0.2, -0.15) is 0 Å². The summed E-state index contributed by atoms with van der Waals surface area (Å²) in [5, 5.41) is 3.24. The van der Waals surface area contributed by atoms with Crippen molar-refractivity contribution in [1.29, 1.82) is 0 Å². The van der Waals surface area contributed by atoms with Crippen LogP contribution in [-0.4, -0.2) is 45.9 Å². The summed E-state index contributed by atoms with van der Waals surface area (Å²) in [4.78, 5) is 14.0. The van der Waals surface area contributed by atoms with Gasteiger partial charge in [-0.05, 0) is 32.0 Å². The largest absolute Gasteiger partial charge is 0.497 e. The Morgan fingerprint density at radius 2 is 2.14 bits per heavy atom. The average Bonchev–Trinajstić information content (AvgIpc) is 2.51. The van der Waals surface area contributed by atoms with Crippen LogP contribution in [0.25, 0.3) is 0 Å². The molecule has 0 aliphatic rings. The maximum absolute atomic E-state index is 12.0. The second kappa shape index (κ2) is 9.23. The van der Waals surface area contributed by atoms with Gasteiger partial charge in [0.25, 0.3) is 0 Å². The minimum absolute atomic E-state index is 0.208. The van der Waals surface area contributed by atoms with Gasteiger partial charge in [-0.3, -0.25) is 4.79 Å². The Bertz CT molecular complexity index is 437. The van der Waals surface area contributed by atoms with Gasteiger partial charge in [0.2, 0.25) is 0 Å². The first-order chi connectivity index (χ1) is 10.1. The SMILES string of the molecule is CCCNC(CN(C)c1cccc(OC)c1)C(=O)OCC. The summed E-state index contributed by atoms with van der Waals surface area (Å²) in [6, 6.07) is 7.44. The van der Waals surface area contributed by atoms with Crippen molar-refractivity contribution < 1.29 is 14.3 Å². The average molecular weight is 294 g/mol. The molecular formula is C16H26N2O3. The second-order valence-corrected chi connectivity index (χ2v) is 4.84. The van der Waals surface area contributed by atoms with Crippen LogP contribution in [0.5, 0.6) is 5.75 Å². The van der Waals surface area contributed by atoms with Gasteiger partial charge in [0.1, 0.15) is 11.8 Å². The number of carbonyl (C=O) groups excluding carboxylic acids is 1. The van der Waals surface area contributed by atoms with Crippen molar-refractivity contribution in [3.8, 4) is 5.75 Å². The molecule has 1 aromatic rings. The molecule has 0 amide bonds. The molecule has 1 rings (SSSR count). The van der Waals surface area contributed by atoms with Gasteiger partial charge in [0, 0.05) is 25.3 Å². The van der Waals surface area contributed by atoms with Gasteiger partial charge < -0.3 is 19.7 Å². The fraction of sp³-hybridized carbons (Fsp3) is 0.562. The molecule has 0 fully saturated rings. The van der Waals surface area contributed by atoms with Gasteiger partial charge in [0.15, 0.2) is 0 Å². The number of carbonyl (C=O) groups is 1. The third-order valence-electron chi connectivity index (χ3n) is 3.16. The number of esters is 1. The number of benzene rings is 1. The zero-order valence-corrected chi connectivity index (χ0v) is 13.4. The smallest absolute Gasteiger partial charge is 0.324 e. The molecule has 5 heteroatoms. The number of likely N-dealkylation sites (N-methyl/N-ethyl adjacent to an activating group) is 1. The lowest BCUT2D eigenvalue weighted by Gasteiger charge is -2.25. The molecule has 1 unspecified atom stereocenters. The van der Waals surface area contributed by atoms with E-state index in [9.17, 15) is 4.79 Å². The molecule has 21 heavy (non-hydrogen) atoms. The molecular weight excluding hydrogens is 268 g/mol. The fourth-order valence-electron chi connectivity index (χ4n) is 2.01.